The number of ether oxygens (including phenoxy) is 1. The predicted molar refractivity (Wildman–Crippen MR) is 98.9 cm³/mol. The largest absolute Gasteiger partial charge is 0.381 e. The average molecular weight is 356 g/mol. The maximum absolute atomic E-state index is 13.2. The Kier molecular flexibility index (Phi) is 4.74. The predicted octanol–water partition coefficient (Wildman–Crippen LogP) is 2.49. The summed E-state index contributed by atoms with van der Waals surface area (Å²) in [6.07, 6.45) is 3.94. The Morgan fingerprint density at radius 1 is 1.12 bits per heavy atom. The van der Waals surface area contributed by atoms with Crippen LogP contribution in [-0.2, 0) is 9.53 Å². The summed E-state index contributed by atoms with van der Waals surface area (Å²) in [7, 11) is 0. The molecule has 0 unspecified atom stereocenters. The van der Waals surface area contributed by atoms with Crippen molar-refractivity contribution in [3.8, 4) is 0 Å². The number of aryl methyl sites for hydroxylation is 1. The van der Waals surface area contributed by atoms with Gasteiger partial charge in [0, 0.05) is 50.4 Å². The van der Waals surface area contributed by atoms with E-state index in [1.165, 1.54) is 0 Å². The van der Waals surface area contributed by atoms with E-state index in [2.05, 4.69) is 0 Å². The smallest absolute Gasteiger partial charge is 0.253 e. The summed E-state index contributed by atoms with van der Waals surface area (Å²) >= 11 is 0. The van der Waals surface area contributed by atoms with Gasteiger partial charge in [-0.1, -0.05) is 17.7 Å². The highest BCUT2D eigenvalue weighted by molar-refractivity contribution is 5.95. The number of carbonyl (C=O) groups excluding carboxylic acids is 2. The average Bonchev–Trinajstić information content (AvgIpc) is 3.30. The molecule has 1 atom stereocenters. The fraction of sp³-hybridized carbons (Fsp3) is 0.619. The van der Waals surface area contributed by atoms with Crippen LogP contribution in [0.2, 0.25) is 0 Å². The zero-order valence-corrected chi connectivity index (χ0v) is 15.6. The fourth-order valence-corrected chi connectivity index (χ4v) is 4.87. The van der Waals surface area contributed by atoms with Gasteiger partial charge in [-0.15, -0.1) is 0 Å². The standard InChI is InChI=1S/C21H28N2O3/c1-16-5-4-6-17(13-16)19(24)23-14-18(20(25)22-9-2-3-10-22)21(15-23)7-11-26-12-8-21/h4-6,13,18H,2-3,7-12,14-15H2,1H3/t18-/m1/s1. The first-order valence-corrected chi connectivity index (χ1v) is 9.82. The van der Waals surface area contributed by atoms with Crippen molar-refractivity contribution in [3.63, 3.8) is 0 Å². The minimum absolute atomic E-state index is 0.0521. The number of hydrogen-bond acceptors (Lipinski definition) is 3. The van der Waals surface area contributed by atoms with Crippen molar-refractivity contribution < 1.29 is 14.3 Å². The fourth-order valence-electron chi connectivity index (χ4n) is 4.87. The lowest BCUT2D eigenvalue weighted by atomic mass is 9.71. The molecule has 5 nitrogen and oxygen atoms in total. The Bertz CT molecular complexity index is 690. The number of hydrogen-bond donors (Lipinski definition) is 0. The van der Waals surface area contributed by atoms with Crippen LogP contribution in [0.1, 0.15) is 41.6 Å². The zero-order valence-electron chi connectivity index (χ0n) is 15.6. The van der Waals surface area contributed by atoms with Crippen molar-refractivity contribution in [3.05, 3.63) is 35.4 Å². The zero-order chi connectivity index (χ0) is 18.1. The molecule has 3 heterocycles. The summed E-state index contributed by atoms with van der Waals surface area (Å²) in [6, 6.07) is 7.74. The van der Waals surface area contributed by atoms with E-state index in [0.717, 1.165) is 49.9 Å². The lowest BCUT2D eigenvalue weighted by molar-refractivity contribution is -0.139. The number of amides is 2. The first-order chi connectivity index (χ1) is 12.6. The van der Waals surface area contributed by atoms with E-state index in [9.17, 15) is 9.59 Å². The minimum atomic E-state index is -0.114. The van der Waals surface area contributed by atoms with Crippen molar-refractivity contribution in [2.75, 3.05) is 39.4 Å². The van der Waals surface area contributed by atoms with Crippen LogP contribution in [0, 0.1) is 18.3 Å². The van der Waals surface area contributed by atoms with Gasteiger partial charge in [-0.3, -0.25) is 9.59 Å². The van der Waals surface area contributed by atoms with Gasteiger partial charge in [0.2, 0.25) is 5.91 Å². The van der Waals surface area contributed by atoms with E-state index in [0.29, 0.717) is 26.3 Å². The Balaban J connectivity index is 1.58. The highest BCUT2D eigenvalue weighted by Gasteiger charge is 2.52. The van der Waals surface area contributed by atoms with Gasteiger partial charge < -0.3 is 14.5 Å². The van der Waals surface area contributed by atoms with Crippen molar-refractivity contribution in [1.82, 2.24) is 9.80 Å². The van der Waals surface area contributed by atoms with E-state index in [1.807, 2.05) is 41.0 Å². The van der Waals surface area contributed by atoms with E-state index < -0.39 is 0 Å². The van der Waals surface area contributed by atoms with Crippen molar-refractivity contribution in [2.24, 2.45) is 11.3 Å². The van der Waals surface area contributed by atoms with Gasteiger partial charge in [0.15, 0.2) is 0 Å². The van der Waals surface area contributed by atoms with E-state index in [-0.39, 0.29) is 23.1 Å². The SMILES string of the molecule is Cc1cccc(C(=O)N2C[C@H](C(=O)N3CCCC3)C3(CCOCC3)C2)c1. The molecule has 1 aromatic carbocycles. The lowest BCUT2D eigenvalue weighted by Gasteiger charge is -2.38. The molecule has 1 spiro atoms. The second-order valence-electron chi connectivity index (χ2n) is 8.11. The Morgan fingerprint density at radius 2 is 1.85 bits per heavy atom. The number of rotatable bonds is 2. The van der Waals surface area contributed by atoms with Gasteiger partial charge in [-0.05, 0) is 44.7 Å². The molecule has 2 amide bonds. The van der Waals surface area contributed by atoms with Gasteiger partial charge in [-0.2, -0.15) is 0 Å². The minimum Gasteiger partial charge on any atom is -0.381 e. The molecule has 3 aliphatic rings. The van der Waals surface area contributed by atoms with Crippen LogP contribution in [-0.4, -0.2) is 61.0 Å². The highest BCUT2D eigenvalue weighted by atomic mass is 16.5. The third kappa shape index (κ3) is 3.13. The number of nitrogens with zero attached hydrogens (tertiary/aromatic N) is 2. The third-order valence-corrected chi connectivity index (χ3v) is 6.40. The summed E-state index contributed by atoms with van der Waals surface area (Å²) in [6.45, 7) is 6.34. The summed E-state index contributed by atoms with van der Waals surface area (Å²) in [5.41, 5.74) is 1.69. The van der Waals surface area contributed by atoms with Crippen LogP contribution in [0.25, 0.3) is 0 Å². The maximum atomic E-state index is 13.2. The molecular weight excluding hydrogens is 328 g/mol. The normalized spacial score (nSPS) is 25.0. The molecule has 4 rings (SSSR count). The highest BCUT2D eigenvalue weighted by Crippen LogP contribution is 2.45. The maximum Gasteiger partial charge on any atom is 0.253 e. The molecule has 1 aromatic rings. The topological polar surface area (TPSA) is 49.9 Å². The van der Waals surface area contributed by atoms with Crippen LogP contribution in [0.15, 0.2) is 24.3 Å². The first kappa shape index (κ1) is 17.5. The molecule has 0 radical (unpaired) electrons. The molecule has 26 heavy (non-hydrogen) atoms. The molecule has 0 bridgehead atoms. The van der Waals surface area contributed by atoms with Gasteiger partial charge in [0.05, 0.1) is 5.92 Å². The van der Waals surface area contributed by atoms with E-state index in [4.69, 9.17) is 4.74 Å². The second kappa shape index (κ2) is 7.03. The molecule has 0 aliphatic carbocycles. The molecule has 3 saturated heterocycles. The summed E-state index contributed by atoms with van der Waals surface area (Å²) in [4.78, 5) is 30.2. The van der Waals surface area contributed by atoms with Crippen molar-refractivity contribution in [1.29, 1.82) is 0 Å². The second-order valence-corrected chi connectivity index (χ2v) is 8.11. The molecule has 0 saturated carbocycles. The number of carbonyl (C=O) groups is 2. The summed E-state index contributed by atoms with van der Waals surface area (Å²) < 4.78 is 5.58. The van der Waals surface area contributed by atoms with Crippen molar-refractivity contribution >= 4 is 11.8 Å². The van der Waals surface area contributed by atoms with Gasteiger partial charge in [0.1, 0.15) is 0 Å². The van der Waals surface area contributed by atoms with Gasteiger partial charge in [-0.25, -0.2) is 0 Å². The van der Waals surface area contributed by atoms with Crippen LogP contribution in [0.3, 0.4) is 0 Å². The number of benzene rings is 1. The molecule has 0 N–H and O–H groups in total. The van der Waals surface area contributed by atoms with Crippen LogP contribution in [0.4, 0.5) is 0 Å². The molecule has 5 heteroatoms. The van der Waals surface area contributed by atoms with Gasteiger partial charge in [0.25, 0.3) is 5.91 Å². The Hall–Kier alpha value is -1.88. The van der Waals surface area contributed by atoms with E-state index in [1.54, 1.807) is 0 Å². The number of likely N-dealkylation sites (tertiary alicyclic amines) is 2. The van der Waals surface area contributed by atoms with Crippen LogP contribution < -0.4 is 0 Å². The summed E-state index contributed by atoms with van der Waals surface area (Å²) in [5, 5.41) is 0. The molecule has 140 valence electrons. The Morgan fingerprint density at radius 3 is 2.54 bits per heavy atom. The lowest BCUT2D eigenvalue weighted by Crippen LogP contribution is -2.45. The Labute approximate surface area is 155 Å². The molecule has 0 aromatic heterocycles. The van der Waals surface area contributed by atoms with Crippen molar-refractivity contribution in [2.45, 2.75) is 32.6 Å². The quantitative estimate of drug-likeness (QED) is 0.818. The third-order valence-electron chi connectivity index (χ3n) is 6.40. The molecule has 3 aliphatic heterocycles. The van der Waals surface area contributed by atoms with Gasteiger partial charge >= 0.3 is 0 Å². The van der Waals surface area contributed by atoms with Crippen LogP contribution in [0.5, 0.6) is 0 Å². The molecular formula is C21H28N2O3. The molecule has 3 fully saturated rings. The van der Waals surface area contributed by atoms with Crippen LogP contribution >= 0.6 is 0 Å². The summed E-state index contributed by atoms with van der Waals surface area (Å²) in [5.74, 6) is 0.221. The monoisotopic (exact) mass is 356 g/mol. The first-order valence-electron chi connectivity index (χ1n) is 9.82. The van der Waals surface area contributed by atoms with E-state index >= 15 is 0 Å².